The average molecular weight is 229 g/mol. The molecular weight excluding hydrogens is 206 g/mol. The van der Waals surface area contributed by atoms with Gasteiger partial charge in [-0.05, 0) is 32.7 Å². The van der Waals surface area contributed by atoms with E-state index >= 15 is 0 Å². The maximum atomic E-state index is 11.4. The Labute approximate surface area is 97.7 Å². The molecule has 0 heterocycles. The number of carbonyl (C=O) groups excluding carboxylic acids is 1. The van der Waals surface area contributed by atoms with Crippen molar-refractivity contribution in [2.24, 2.45) is 5.92 Å². The van der Waals surface area contributed by atoms with E-state index in [-0.39, 0.29) is 12.0 Å². The fourth-order valence-corrected chi connectivity index (χ4v) is 1.58. The van der Waals surface area contributed by atoms with Gasteiger partial charge in [0.1, 0.15) is 6.04 Å². The number of hydrogen-bond donors (Lipinski definition) is 1. The van der Waals surface area contributed by atoms with Crippen LogP contribution in [-0.4, -0.2) is 38.9 Å². The van der Waals surface area contributed by atoms with Crippen molar-refractivity contribution in [3.63, 3.8) is 0 Å². The maximum absolute atomic E-state index is 11.4. The zero-order valence-corrected chi connectivity index (χ0v) is 10.3. The first-order valence-corrected chi connectivity index (χ1v) is 6.19. The number of rotatable bonds is 9. The van der Waals surface area contributed by atoms with Crippen LogP contribution in [0, 0.1) is 5.92 Å². The van der Waals surface area contributed by atoms with Crippen molar-refractivity contribution in [2.75, 3.05) is 26.9 Å². The quantitative estimate of drug-likeness (QED) is 0.479. The van der Waals surface area contributed by atoms with Gasteiger partial charge in [0.2, 0.25) is 0 Å². The van der Waals surface area contributed by atoms with Crippen LogP contribution in [0.25, 0.3) is 0 Å². The van der Waals surface area contributed by atoms with Crippen molar-refractivity contribution < 1.29 is 14.3 Å². The summed E-state index contributed by atoms with van der Waals surface area (Å²) in [6, 6.07) is -0.235. The van der Waals surface area contributed by atoms with Gasteiger partial charge >= 0.3 is 5.97 Å². The molecular formula is C12H23NO3. The minimum absolute atomic E-state index is 0.184. The molecule has 16 heavy (non-hydrogen) atoms. The van der Waals surface area contributed by atoms with Crippen molar-refractivity contribution in [3.8, 4) is 0 Å². The van der Waals surface area contributed by atoms with Crippen LogP contribution in [0.4, 0.5) is 0 Å². The van der Waals surface area contributed by atoms with E-state index in [1.165, 1.54) is 19.3 Å². The van der Waals surface area contributed by atoms with Gasteiger partial charge in [0.15, 0.2) is 0 Å². The molecule has 94 valence electrons. The molecule has 0 radical (unpaired) electrons. The molecule has 1 aliphatic rings. The van der Waals surface area contributed by atoms with E-state index in [1.54, 1.807) is 7.05 Å². The van der Waals surface area contributed by atoms with E-state index in [4.69, 9.17) is 9.47 Å². The molecule has 4 nitrogen and oxygen atoms in total. The first-order valence-electron chi connectivity index (χ1n) is 6.19. The molecule has 0 aromatic heterocycles. The second-order valence-corrected chi connectivity index (χ2v) is 4.23. The highest BCUT2D eigenvalue weighted by molar-refractivity contribution is 5.75. The third-order valence-electron chi connectivity index (χ3n) is 2.84. The highest BCUT2D eigenvalue weighted by Crippen LogP contribution is 2.32. The highest BCUT2D eigenvalue weighted by atomic mass is 16.5. The Hall–Kier alpha value is -0.610. The summed E-state index contributed by atoms with van der Waals surface area (Å²) in [6.07, 6.45) is 4.58. The molecule has 0 amide bonds. The summed E-state index contributed by atoms with van der Waals surface area (Å²) < 4.78 is 10.4. The van der Waals surface area contributed by atoms with Crippen molar-refractivity contribution >= 4 is 5.97 Å². The SMILES string of the molecule is CCOC(=O)C(CCOCCC1CC1)NC. The molecule has 1 saturated carbocycles. The Morgan fingerprint density at radius 1 is 1.44 bits per heavy atom. The van der Waals surface area contributed by atoms with E-state index in [2.05, 4.69) is 5.32 Å². The summed E-state index contributed by atoms with van der Waals surface area (Å²) in [4.78, 5) is 11.4. The molecule has 1 rings (SSSR count). The lowest BCUT2D eigenvalue weighted by molar-refractivity contribution is -0.146. The summed E-state index contributed by atoms with van der Waals surface area (Å²) in [5.41, 5.74) is 0. The van der Waals surface area contributed by atoms with Gasteiger partial charge in [0, 0.05) is 13.2 Å². The lowest BCUT2D eigenvalue weighted by atomic mass is 10.2. The average Bonchev–Trinajstić information content (AvgIpc) is 3.07. The van der Waals surface area contributed by atoms with E-state index in [1.807, 2.05) is 6.92 Å². The molecule has 0 aromatic rings. The Bertz CT molecular complexity index is 204. The summed E-state index contributed by atoms with van der Waals surface area (Å²) in [5, 5.41) is 2.94. The van der Waals surface area contributed by atoms with Gasteiger partial charge in [-0.3, -0.25) is 4.79 Å². The zero-order valence-electron chi connectivity index (χ0n) is 10.3. The zero-order chi connectivity index (χ0) is 11.8. The number of nitrogens with one attached hydrogen (secondary N) is 1. The Morgan fingerprint density at radius 2 is 2.19 bits per heavy atom. The van der Waals surface area contributed by atoms with Crippen LogP contribution in [0.2, 0.25) is 0 Å². The predicted octanol–water partition coefficient (Wildman–Crippen LogP) is 1.34. The molecule has 1 fully saturated rings. The molecule has 1 unspecified atom stereocenters. The first kappa shape index (κ1) is 13.5. The smallest absolute Gasteiger partial charge is 0.323 e. The van der Waals surface area contributed by atoms with Crippen LogP contribution in [0.1, 0.15) is 32.6 Å². The van der Waals surface area contributed by atoms with E-state index < -0.39 is 0 Å². The van der Waals surface area contributed by atoms with Gasteiger partial charge in [0.05, 0.1) is 6.61 Å². The normalized spacial score (nSPS) is 17.1. The fraction of sp³-hybridized carbons (Fsp3) is 0.917. The molecule has 0 aromatic carbocycles. The number of esters is 1. The van der Waals surface area contributed by atoms with Gasteiger partial charge in [-0.2, -0.15) is 0 Å². The van der Waals surface area contributed by atoms with E-state index in [9.17, 15) is 4.79 Å². The second-order valence-electron chi connectivity index (χ2n) is 4.23. The lowest BCUT2D eigenvalue weighted by Gasteiger charge is -2.14. The van der Waals surface area contributed by atoms with Crippen molar-refractivity contribution in [1.82, 2.24) is 5.32 Å². The summed E-state index contributed by atoms with van der Waals surface area (Å²) in [7, 11) is 1.77. The minimum Gasteiger partial charge on any atom is -0.465 e. The number of carbonyl (C=O) groups is 1. The van der Waals surface area contributed by atoms with Crippen LogP contribution in [0.15, 0.2) is 0 Å². The van der Waals surface area contributed by atoms with E-state index in [0.29, 0.717) is 19.6 Å². The van der Waals surface area contributed by atoms with Gasteiger partial charge in [-0.25, -0.2) is 0 Å². The largest absolute Gasteiger partial charge is 0.465 e. The molecule has 0 spiro atoms. The Kier molecular flexibility index (Phi) is 6.42. The monoisotopic (exact) mass is 229 g/mol. The van der Waals surface area contributed by atoms with Crippen molar-refractivity contribution in [3.05, 3.63) is 0 Å². The molecule has 0 bridgehead atoms. The van der Waals surface area contributed by atoms with Gasteiger partial charge in [-0.15, -0.1) is 0 Å². The number of likely N-dealkylation sites (N-methyl/N-ethyl adjacent to an activating group) is 1. The molecule has 0 saturated heterocycles. The van der Waals surface area contributed by atoms with Crippen LogP contribution < -0.4 is 5.32 Å². The van der Waals surface area contributed by atoms with Gasteiger partial charge in [0.25, 0.3) is 0 Å². The van der Waals surface area contributed by atoms with Crippen molar-refractivity contribution in [1.29, 1.82) is 0 Å². The number of ether oxygens (including phenoxy) is 2. The minimum atomic E-state index is -0.235. The van der Waals surface area contributed by atoms with Crippen LogP contribution in [-0.2, 0) is 14.3 Å². The molecule has 1 aliphatic carbocycles. The van der Waals surface area contributed by atoms with Gasteiger partial charge in [-0.1, -0.05) is 12.8 Å². The Morgan fingerprint density at radius 3 is 2.75 bits per heavy atom. The van der Waals surface area contributed by atoms with Gasteiger partial charge < -0.3 is 14.8 Å². The molecule has 0 aliphatic heterocycles. The summed E-state index contributed by atoms with van der Waals surface area (Å²) >= 11 is 0. The standard InChI is InChI=1S/C12H23NO3/c1-3-16-12(14)11(13-2)7-9-15-8-6-10-4-5-10/h10-11,13H,3-9H2,1-2H3. The highest BCUT2D eigenvalue weighted by Gasteiger charge is 2.21. The Balaban J connectivity index is 2.00. The van der Waals surface area contributed by atoms with Crippen molar-refractivity contribution in [2.45, 2.75) is 38.6 Å². The number of hydrogen-bond acceptors (Lipinski definition) is 4. The molecule has 1 N–H and O–H groups in total. The topological polar surface area (TPSA) is 47.6 Å². The summed E-state index contributed by atoms with van der Waals surface area (Å²) in [5.74, 6) is 0.723. The fourth-order valence-electron chi connectivity index (χ4n) is 1.58. The molecule has 1 atom stereocenters. The summed E-state index contributed by atoms with van der Waals surface area (Å²) in [6.45, 7) is 3.69. The van der Waals surface area contributed by atoms with Crippen LogP contribution >= 0.6 is 0 Å². The third-order valence-corrected chi connectivity index (χ3v) is 2.84. The lowest BCUT2D eigenvalue weighted by Crippen LogP contribution is -2.36. The van der Waals surface area contributed by atoms with Crippen LogP contribution in [0.5, 0.6) is 0 Å². The second kappa shape index (κ2) is 7.63. The van der Waals surface area contributed by atoms with Crippen LogP contribution in [0.3, 0.4) is 0 Å². The van der Waals surface area contributed by atoms with E-state index in [0.717, 1.165) is 12.5 Å². The maximum Gasteiger partial charge on any atom is 0.323 e. The first-order chi connectivity index (χ1) is 7.77. The predicted molar refractivity (Wildman–Crippen MR) is 62.3 cm³/mol. The molecule has 4 heteroatoms. The third kappa shape index (κ3) is 5.47.